The van der Waals surface area contributed by atoms with Crippen LogP contribution in [0, 0.1) is 5.92 Å². The van der Waals surface area contributed by atoms with E-state index < -0.39 is 9.84 Å². The van der Waals surface area contributed by atoms with Crippen LogP contribution in [-0.4, -0.2) is 30.2 Å². The van der Waals surface area contributed by atoms with Gasteiger partial charge in [-0.1, -0.05) is 5.16 Å². The Bertz CT molecular complexity index is 451. The van der Waals surface area contributed by atoms with Gasteiger partial charge in [-0.15, -0.1) is 0 Å². The highest BCUT2D eigenvalue weighted by Gasteiger charge is 2.26. The zero-order valence-corrected chi connectivity index (χ0v) is 9.74. The summed E-state index contributed by atoms with van der Waals surface area (Å²) < 4.78 is 27.9. The number of aliphatic hydroxyl groups is 1. The van der Waals surface area contributed by atoms with Crippen LogP contribution in [0.2, 0.25) is 0 Å². The smallest absolute Gasteiger partial charge is 0.150 e. The number of aromatic nitrogens is 1. The average molecular weight is 245 g/mol. The molecule has 2 rings (SSSR count). The van der Waals surface area contributed by atoms with Gasteiger partial charge in [-0.05, 0) is 18.8 Å². The van der Waals surface area contributed by atoms with E-state index in [1.807, 2.05) is 0 Å². The first kappa shape index (κ1) is 11.6. The van der Waals surface area contributed by atoms with Gasteiger partial charge in [0.1, 0.15) is 5.76 Å². The maximum Gasteiger partial charge on any atom is 0.150 e. The van der Waals surface area contributed by atoms with Crippen molar-refractivity contribution < 1.29 is 18.0 Å². The van der Waals surface area contributed by atoms with Crippen LogP contribution < -0.4 is 0 Å². The Morgan fingerprint density at radius 1 is 1.56 bits per heavy atom. The van der Waals surface area contributed by atoms with Crippen molar-refractivity contribution in [1.82, 2.24) is 5.16 Å². The number of nitrogens with zero attached hydrogens (tertiary/aromatic N) is 1. The highest BCUT2D eigenvalue weighted by Crippen LogP contribution is 2.23. The van der Waals surface area contributed by atoms with E-state index in [-0.39, 0.29) is 18.3 Å². The normalized spacial score (nSPS) is 24.4. The molecule has 1 aliphatic rings. The van der Waals surface area contributed by atoms with Crippen molar-refractivity contribution in [3.8, 4) is 0 Å². The van der Waals surface area contributed by atoms with Gasteiger partial charge in [0, 0.05) is 12.0 Å². The van der Waals surface area contributed by atoms with Crippen LogP contribution in [0.25, 0.3) is 0 Å². The van der Waals surface area contributed by atoms with E-state index in [2.05, 4.69) is 5.16 Å². The van der Waals surface area contributed by atoms with Crippen LogP contribution >= 0.6 is 0 Å². The minimum Gasteiger partial charge on any atom is -0.391 e. The Balaban J connectivity index is 2.05. The van der Waals surface area contributed by atoms with E-state index in [0.717, 1.165) is 12.8 Å². The molecule has 1 unspecified atom stereocenters. The lowest BCUT2D eigenvalue weighted by molar-refractivity contribution is 0.274. The molecule has 1 atom stereocenters. The molecular weight excluding hydrogens is 230 g/mol. The molecule has 90 valence electrons. The summed E-state index contributed by atoms with van der Waals surface area (Å²) in [5.74, 6) is 1.23. The molecule has 1 aromatic heterocycles. The molecule has 0 radical (unpaired) electrons. The van der Waals surface area contributed by atoms with Crippen LogP contribution in [0.5, 0.6) is 0 Å². The second kappa shape index (κ2) is 4.55. The fourth-order valence-electron chi connectivity index (χ4n) is 2.12. The van der Waals surface area contributed by atoms with Crippen molar-refractivity contribution in [2.24, 2.45) is 5.92 Å². The Hall–Kier alpha value is -0.880. The van der Waals surface area contributed by atoms with Gasteiger partial charge in [-0.25, -0.2) is 8.42 Å². The molecule has 1 N–H and O–H groups in total. The summed E-state index contributed by atoms with van der Waals surface area (Å²) in [7, 11) is -2.88. The second-order valence-corrected chi connectivity index (χ2v) is 6.49. The largest absolute Gasteiger partial charge is 0.391 e. The van der Waals surface area contributed by atoms with Gasteiger partial charge < -0.3 is 9.63 Å². The summed E-state index contributed by atoms with van der Waals surface area (Å²) in [5.41, 5.74) is 0.656. The van der Waals surface area contributed by atoms with Crippen molar-refractivity contribution >= 4 is 9.84 Å². The Kier molecular flexibility index (Phi) is 3.30. The lowest BCUT2D eigenvalue weighted by Crippen LogP contribution is -2.26. The van der Waals surface area contributed by atoms with Gasteiger partial charge in [0.15, 0.2) is 9.84 Å². The lowest BCUT2D eigenvalue weighted by atomic mass is 9.98. The first-order valence-electron chi connectivity index (χ1n) is 5.34. The monoisotopic (exact) mass is 245 g/mol. The lowest BCUT2D eigenvalue weighted by Gasteiger charge is -2.20. The maximum atomic E-state index is 11.4. The molecule has 1 aromatic rings. The fraction of sp³-hybridized carbons (Fsp3) is 0.700. The minimum atomic E-state index is -2.88. The summed E-state index contributed by atoms with van der Waals surface area (Å²) >= 11 is 0. The number of sulfone groups is 1. The molecule has 0 amide bonds. The summed E-state index contributed by atoms with van der Waals surface area (Å²) in [6.45, 7) is -0.113. The SMILES string of the molecule is O=S1(=O)CCCC(Cc2oncc2CO)C1. The van der Waals surface area contributed by atoms with Crippen molar-refractivity contribution in [2.45, 2.75) is 25.9 Å². The molecule has 5 nitrogen and oxygen atoms in total. The maximum absolute atomic E-state index is 11.4. The number of rotatable bonds is 3. The quantitative estimate of drug-likeness (QED) is 0.840. The summed E-state index contributed by atoms with van der Waals surface area (Å²) in [4.78, 5) is 0. The Morgan fingerprint density at radius 2 is 2.38 bits per heavy atom. The van der Waals surface area contributed by atoms with Gasteiger partial charge in [-0.2, -0.15) is 0 Å². The van der Waals surface area contributed by atoms with E-state index in [9.17, 15) is 8.42 Å². The molecule has 1 aliphatic heterocycles. The number of hydrogen-bond donors (Lipinski definition) is 1. The van der Waals surface area contributed by atoms with Crippen LogP contribution in [0.15, 0.2) is 10.7 Å². The van der Waals surface area contributed by atoms with E-state index in [1.54, 1.807) is 0 Å². The summed E-state index contributed by atoms with van der Waals surface area (Å²) in [6, 6.07) is 0. The van der Waals surface area contributed by atoms with E-state index >= 15 is 0 Å². The third-order valence-electron chi connectivity index (χ3n) is 2.93. The first-order chi connectivity index (χ1) is 7.61. The van der Waals surface area contributed by atoms with Crippen LogP contribution in [0.4, 0.5) is 0 Å². The standard InChI is InChI=1S/C10H15NO4S/c12-6-9-5-11-15-10(9)4-8-2-1-3-16(13,14)7-8/h5,8,12H,1-4,6-7H2. The van der Waals surface area contributed by atoms with Gasteiger partial charge >= 0.3 is 0 Å². The van der Waals surface area contributed by atoms with E-state index in [4.69, 9.17) is 9.63 Å². The predicted molar refractivity (Wildman–Crippen MR) is 57.5 cm³/mol. The molecule has 0 aromatic carbocycles. The van der Waals surface area contributed by atoms with Crippen molar-refractivity contribution in [1.29, 1.82) is 0 Å². The highest BCUT2D eigenvalue weighted by atomic mass is 32.2. The topological polar surface area (TPSA) is 80.4 Å². The molecule has 1 fully saturated rings. The fourth-order valence-corrected chi connectivity index (χ4v) is 3.90. The molecule has 0 bridgehead atoms. The summed E-state index contributed by atoms with van der Waals surface area (Å²) in [5, 5.41) is 12.6. The zero-order chi connectivity index (χ0) is 11.6. The van der Waals surface area contributed by atoms with Crippen molar-refractivity contribution in [2.75, 3.05) is 11.5 Å². The van der Waals surface area contributed by atoms with Gasteiger partial charge in [0.2, 0.25) is 0 Å². The molecule has 0 spiro atoms. The minimum absolute atomic E-state index is 0.0944. The zero-order valence-electron chi connectivity index (χ0n) is 8.92. The summed E-state index contributed by atoms with van der Waals surface area (Å²) in [6.07, 6.45) is 3.64. The first-order valence-corrected chi connectivity index (χ1v) is 7.16. The van der Waals surface area contributed by atoms with Gasteiger partial charge in [0.25, 0.3) is 0 Å². The number of hydrogen-bond acceptors (Lipinski definition) is 5. The van der Waals surface area contributed by atoms with Crippen LogP contribution in [-0.2, 0) is 22.9 Å². The van der Waals surface area contributed by atoms with Crippen LogP contribution in [0.3, 0.4) is 0 Å². The third kappa shape index (κ3) is 2.62. The van der Waals surface area contributed by atoms with Gasteiger partial charge in [0.05, 0.1) is 24.3 Å². The Labute approximate surface area is 94.4 Å². The molecular formula is C10H15NO4S. The Morgan fingerprint density at radius 3 is 3.06 bits per heavy atom. The highest BCUT2D eigenvalue weighted by molar-refractivity contribution is 7.91. The molecule has 1 saturated heterocycles. The molecule has 2 heterocycles. The third-order valence-corrected chi connectivity index (χ3v) is 4.82. The molecule has 0 aliphatic carbocycles. The van der Waals surface area contributed by atoms with Crippen molar-refractivity contribution in [3.05, 3.63) is 17.5 Å². The van der Waals surface area contributed by atoms with Gasteiger partial charge in [-0.3, -0.25) is 0 Å². The molecule has 6 heteroatoms. The molecule has 16 heavy (non-hydrogen) atoms. The van der Waals surface area contributed by atoms with E-state index in [1.165, 1.54) is 6.20 Å². The average Bonchev–Trinajstić information content (AvgIpc) is 2.63. The predicted octanol–water partition coefficient (Wildman–Crippen LogP) is 0.534. The van der Waals surface area contributed by atoms with Crippen molar-refractivity contribution in [3.63, 3.8) is 0 Å². The van der Waals surface area contributed by atoms with Crippen LogP contribution in [0.1, 0.15) is 24.2 Å². The molecule has 0 saturated carbocycles. The second-order valence-electron chi connectivity index (χ2n) is 4.26. The number of aliphatic hydroxyl groups excluding tert-OH is 1. The van der Waals surface area contributed by atoms with E-state index in [0.29, 0.717) is 23.5 Å².